The highest BCUT2D eigenvalue weighted by Gasteiger charge is 2.55. The second-order valence-electron chi connectivity index (χ2n) is 6.15. The molecule has 2 aliphatic carbocycles. The molecule has 1 nitrogen and oxygen atoms in total. The van der Waals surface area contributed by atoms with Gasteiger partial charge in [0, 0.05) is 23.3 Å². The van der Waals surface area contributed by atoms with Crippen LogP contribution >= 0.6 is 46.4 Å². The van der Waals surface area contributed by atoms with Crippen LogP contribution in [-0.2, 0) is 0 Å². The SMILES string of the molecule is Clc1cc(Cl)c(OC2CC(Cl)C23CCCCCC3)cc1Cl. The van der Waals surface area contributed by atoms with Gasteiger partial charge in [0.05, 0.1) is 15.1 Å². The molecule has 0 heterocycles. The molecule has 1 spiro atoms. The lowest BCUT2D eigenvalue weighted by molar-refractivity contribution is -0.0511. The van der Waals surface area contributed by atoms with Gasteiger partial charge in [-0.1, -0.05) is 60.5 Å². The Morgan fingerprint density at radius 1 is 0.905 bits per heavy atom. The van der Waals surface area contributed by atoms with E-state index in [2.05, 4.69) is 0 Å². The summed E-state index contributed by atoms with van der Waals surface area (Å²) >= 11 is 24.8. The number of ether oxygens (including phenoxy) is 1. The van der Waals surface area contributed by atoms with Crippen LogP contribution in [-0.4, -0.2) is 11.5 Å². The Morgan fingerprint density at radius 3 is 2.14 bits per heavy atom. The van der Waals surface area contributed by atoms with E-state index in [4.69, 9.17) is 51.1 Å². The average Bonchev–Trinajstić information content (AvgIpc) is 2.72. The molecule has 116 valence electrons. The number of hydrogen-bond donors (Lipinski definition) is 0. The number of alkyl halides is 1. The largest absolute Gasteiger partial charge is 0.488 e. The minimum Gasteiger partial charge on any atom is -0.488 e. The molecule has 2 unspecified atom stereocenters. The van der Waals surface area contributed by atoms with Gasteiger partial charge in [-0.3, -0.25) is 0 Å². The lowest BCUT2D eigenvalue weighted by Gasteiger charge is -2.53. The van der Waals surface area contributed by atoms with E-state index >= 15 is 0 Å². The zero-order valence-electron chi connectivity index (χ0n) is 11.7. The van der Waals surface area contributed by atoms with Gasteiger partial charge in [0.1, 0.15) is 11.9 Å². The predicted molar refractivity (Wildman–Crippen MR) is 90.3 cm³/mol. The van der Waals surface area contributed by atoms with Crippen LogP contribution in [0, 0.1) is 5.41 Å². The molecule has 2 atom stereocenters. The summed E-state index contributed by atoms with van der Waals surface area (Å²) in [5.74, 6) is 0.614. The molecule has 0 saturated heterocycles. The lowest BCUT2D eigenvalue weighted by Crippen LogP contribution is -2.57. The molecule has 0 N–H and O–H groups in total. The summed E-state index contributed by atoms with van der Waals surface area (Å²) in [6.45, 7) is 0. The molecule has 5 heteroatoms. The highest BCUT2D eigenvalue weighted by molar-refractivity contribution is 6.43. The highest BCUT2D eigenvalue weighted by atomic mass is 35.5. The summed E-state index contributed by atoms with van der Waals surface area (Å²) < 4.78 is 6.18. The van der Waals surface area contributed by atoms with Crippen LogP contribution in [0.3, 0.4) is 0 Å². The van der Waals surface area contributed by atoms with Crippen molar-refractivity contribution in [2.24, 2.45) is 5.41 Å². The average molecular weight is 368 g/mol. The second-order valence-corrected chi connectivity index (χ2v) is 7.90. The Kier molecular flexibility index (Phi) is 4.86. The highest BCUT2D eigenvalue weighted by Crippen LogP contribution is 2.55. The van der Waals surface area contributed by atoms with Gasteiger partial charge in [0.2, 0.25) is 0 Å². The zero-order valence-corrected chi connectivity index (χ0v) is 14.7. The summed E-state index contributed by atoms with van der Waals surface area (Å²) in [5, 5.41) is 1.63. The molecule has 1 aromatic rings. The number of rotatable bonds is 2. The molecule has 1 aromatic carbocycles. The molecule has 0 radical (unpaired) electrons. The van der Waals surface area contributed by atoms with Gasteiger partial charge in [-0.05, 0) is 18.9 Å². The monoisotopic (exact) mass is 366 g/mol. The third-order valence-electron chi connectivity index (χ3n) is 4.96. The molecule has 21 heavy (non-hydrogen) atoms. The summed E-state index contributed by atoms with van der Waals surface area (Å²) in [4.78, 5) is 0. The first-order chi connectivity index (χ1) is 10.0. The Bertz CT molecular complexity index is 523. The first-order valence-corrected chi connectivity index (χ1v) is 9.05. The Labute approximate surface area is 145 Å². The molecular weight excluding hydrogens is 350 g/mol. The molecule has 0 bridgehead atoms. The van der Waals surface area contributed by atoms with Crippen LogP contribution in [0.25, 0.3) is 0 Å². The van der Waals surface area contributed by atoms with Crippen LogP contribution in [0.15, 0.2) is 12.1 Å². The topological polar surface area (TPSA) is 9.23 Å². The summed E-state index contributed by atoms with van der Waals surface area (Å²) in [6.07, 6.45) is 8.36. The lowest BCUT2D eigenvalue weighted by atomic mass is 9.61. The molecular formula is C16H18Cl4O. The fourth-order valence-electron chi connectivity index (χ4n) is 3.63. The van der Waals surface area contributed by atoms with Crippen molar-refractivity contribution in [3.63, 3.8) is 0 Å². The molecule has 3 rings (SSSR count). The van der Waals surface area contributed by atoms with Gasteiger partial charge in [-0.15, -0.1) is 11.6 Å². The summed E-state index contributed by atoms with van der Waals surface area (Å²) in [5.41, 5.74) is 0.105. The fraction of sp³-hybridized carbons (Fsp3) is 0.625. The van der Waals surface area contributed by atoms with Crippen LogP contribution in [0.4, 0.5) is 0 Å². The van der Waals surface area contributed by atoms with E-state index in [0.717, 1.165) is 19.3 Å². The quantitative estimate of drug-likeness (QED) is 0.415. The maximum atomic E-state index is 6.55. The van der Waals surface area contributed by atoms with Crippen molar-refractivity contribution >= 4 is 46.4 Å². The van der Waals surface area contributed by atoms with Gasteiger partial charge in [0.15, 0.2) is 0 Å². The smallest absolute Gasteiger partial charge is 0.139 e. The van der Waals surface area contributed by atoms with E-state index in [1.165, 1.54) is 25.7 Å². The van der Waals surface area contributed by atoms with Gasteiger partial charge < -0.3 is 4.74 Å². The number of hydrogen-bond acceptors (Lipinski definition) is 1. The van der Waals surface area contributed by atoms with Gasteiger partial charge in [-0.2, -0.15) is 0 Å². The summed E-state index contributed by atoms with van der Waals surface area (Å²) in [7, 11) is 0. The predicted octanol–water partition coefficient (Wildman–Crippen LogP) is 6.75. The van der Waals surface area contributed by atoms with E-state index in [0.29, 0.717) is 20.8 Å². The van der Waals surface area contributed by atoms with Crippen LogP contribution in [0.1, 0.15) is 44.9 Å². The van der Waals surface area contributed by atoms with Crippen LogP contribution in [0.2, 0.25) is 15.1 Å². The number of halogens is 4. The van der Waals surface area contributed by atoms with Gasteiger partial charge in [-0.25, -0.2) is 0 Å². The van der Waals surface area contributed by atoms with E-state index < -0.39 is 0 Å². The molecule has 0 aromatic heterocycles. The van der Waals surface area contributed by atoms with Crippen molar-refractivity contribution < 1.29 is 4.74 Å². The Morgan fingerprint density at radius 2 is 1.52 bits per heavy atom. The van der Waals surface area contributed by atoms with E-state index in [-0.39, 0.29) is 16.9 Å². The molecule has 0 amide bonds. The maximum absolute atomic E-state index is 6.55. The number of benzene rings is 1. The van der Waals surface area contributed by atoms with Crippen molar-refractivity contribution in [2.75, 3.05) is 0 Å². The molecule has 2 fully saturated rings. The van der Waals surface area contributed by atoms with Crippen LogP contribution < -0.4 is 4.74 Å². The first kappa shape index (κ1) is 16.1. The van der Waals surface area contributed by atoms with Crippen molar-refractivity contribution in [1.82, 2.24) is 0 Å². The van der Waals surface area contributed by atoms with E-state index in [9.17, 15) is 0 Å². The normalized spacial score (nSPS) is 28.0. The minimum absolute atomic E-state index is 0.105. The molecule has 0 aliphatic heterocycles. The van der Waals surface area contributed by atoms with E-state index in [1.54, 1.807) is 12.1 Å². The zero-order chi connectivity index (χ0) is 15.0. The third-order valence-corrected chi connectivity index (χ3v) is 6.59. The molecule has 2 saturated carbocycles. The summed E-state index contributed by atoms with van der Waals surface area (Å²) in [6, 6.07) is 3.34. The van der Waals surface area contributed by atoms with Gasteiger partial charge >= 0.3 is 0 Å². The molecule has 2 aliphatic rings. The van der Waals surface area contributed by atoms with Crippen molar-refractivity contribution in [3.05, 3.63) is 27.2 Å². The standard InChI is InChI=1S/C16H18Cl4O/c17-10-7-12(19)13(8-11(10)18)21-15-9-14(20)16(15)5-3-1-2-4-6-16/h7-8,14-15H,1-6,9H2. The van der Waals surface area contributed by atoms with Crippen molar-refractivity contribution in [1.29, 1.82) is 0 Å². The third kappa shape index (κ3) is 3.00. The fourth-order valence-corrected chi connectivity index (χ4v) is 4.74. The van der Waals surface area contributed by atoms with Gasteiger partial charge in [0.25, 0.3) is 0 Å². The Balaban J connectivity index is 1.80. The van der Waals surface area contributed by atoms with Crippen LogP contribution in [0.5, 0.6) is 5.75 Å². The second kappa shape index (κ2) is 6.35. The maximum Gasteiger partial charge on any atom is 0.139 e. The first-order valence-electron chi connectivity index (χ1n) is 7.48. The van der Waals surface area contributed by atoms with Crippen molar-refractivity contribution in [3.8, 4) is 5.75 Å². The minimum atomic E-state index is 0.105. The Hall–Kier alpha value is 0.180. The van der Waals surface area contributed by atoms with Crippen molar-refractivity contribution in [2.45, 2.75) is 56.4 Å². The van der Waals surface area contributed by atoms with E-state index in [1.807, 2.05) is 0 Å².